The zero-order valence-electron chi connectivity index (χ0n) is 10.0. The van der Waals surface area contributed by atoms with Gasteiger partial charge in [0.05, 0.1) is 13.7 Å². The minimum atomic E-state index is -0.963. The van der Waals surface area contributed by atoms with Crippen LogP contribution < -0.4 is 0 Å². The van der Waals surface area contributed by atoms with Crippen LogP contribution in [0.4, 0.5) is 4.79 Å². The van der Waals surface area contributed by atoms with Gasteiger partial charge in [0.2, 0.25) is 0 Å². The summed E-state index contributed by atoms with van der Waals surface area (Å²) in [7, 11) is 1.17. The van der Waals surface area contributed by atoms with Crippen molar-refractivity contribution < 1.29 is 19.2 Å². The number of rotatable bonds is 3. The number of urea groups is 1. The zero-order chi connectivity index (χ0) is 13.3. The van der Waals surface area contributed by atoms with Crippen LogP contribution in [0, 0.1) is 6.92 Å². The van der Waals surface area contributed by atoms with Crippen LogP contribution in [0.1, 0.15) is 11.1 Å². The van der Waals surface area contributed by atoms with Crippen molar-refractivity contribution in [1.82, 2.24) is 9.96 Å². The Morgan fingerprint density at radius 1 is 1.06 bits per heavy atom. The maximum atomic E-state index is 11.7. The van der Waals surface area contributed by atoms with Gasteiger partial charge in [-0.1, -0.05) is 29.8 Å². The van der Waals surface area contributed by atoms with Crippen LogP contribution in [0.15, 0.2) is 24.3 Å². The molecule has 0 atom stereocenters. The second kappa shape index (κ2) is 4.58. The highest BCUT2D eigenvalue weighted by molar-refractivity contribution is 6.44. The molecule has 0 aliphatic carbocycles. The summed E-state index contributed by atoms with van der Waals surface area (Å²) in [5.74, 6) is -1.84. The molecule has 18 heavy (non-hydrogen) atoms. The molecule has 0 saturated carbocycles. The summed E-state index contributed by atoms with van der Waals surface area (Å²) in [6.45, 7) is 2.00. The van der Waals surface area contributed by atoms with Gasteiger partial charge >= 0.3 is 17.8 Å². The van der Waals surface area contributed by atoms with Gasteiger partial charge in [-0.2, -0.15) is 0 Å². The quantitative estimate of drug-likeness (QED) is 0.587. The summed E-state index contributed by atoms with van der Waals surface area (Å²) < 4.78 is 0. The fraction of sp³-hybridized carbons (Fsp3) is 0.250. The molecule has 1 aliphatic rings. The van der Waals surface area contributed by atoms with Gasteiger partial charge in [-0.25, -0.2) is 9.69 Å². The van der Waals surface area contributed by atoms with Crippen molar-refractivity contribution in [3.63, 3.8) is 0 Å². The standard InChI is InChI=1S/C12H12N2O4/c1-8-3-5-9(6-4-8)7-13-10(15)11(16)14(18-2)12(13)17/h3-6H,7H2,1-2H3. The first-order valence-corrected chi connectivity index (χ1v) is 5.34. The van der Waals surface area contributed by atoms with E-state index in [0.29, 0.717) is 5.06 Å². The summed E-state index contributed by atoms with van der Waals surface area (Å²) in [5, 5.41) is 0.455. The Kier molecular flexibility index (Phi) is 3.12. The van der Waals surface area contributed by atoms with Crippen LogP contribution in [0.25, 0.3) is 0 Å². The molecule has 1 fully saturated rings. The molecule has 1 aromatic carbocycles. The van der Waals surface area contributed by atoms with E-state index in [2.05, 4.69) is 4.84 Å². The van der Waals surface area contributed by atoms with Crippen molar-refractivity contribution >= 4 is 17.8 Å². The number of hydrogen-bond acceptors (Lipinski definition) is 4. The van der Waals surface area contributed by atoms with E-state index in [1.807, 2.05) is 19.1 Å². The first kappa shape index (κ1) is 12.3. The summed E-state index contributed by atoms with van der Waals surface area (Å²) in [4.78, 5) is 40.1. The molecule has 94 valence electrons. The smallest absolute Gasteiger partial charge is 0.265 e. The topological polar surface area (TPSA) is 66.9 Å². The van der Waals surface area contributed by atoms with Crippen LogP contribution in [-0.2, 0) is 21.0 Å². The highest BCUT2D eigenvalue weighted by Crippen LogP contribution is 2.16. The van der Waals surface area contributed by atoms with Crippen molar-refractivity contribution in [2.45, 2.75) is 13.5 Å². The van der Waals surface area contributed by atoms with Crippen molar-refractivity contribution in [3.05, 3.63) is 35.4 Å². The predicted octanol–water partition coefficient (Wildman–Crippen LogP) is 0.847. The molecule has 1 aliphatic heterocycles. The largest absolute Gasteiger partial charge is 0.359 e. The van der Waals surface area contributed by atoms with Crippen LogP contribution >= 0.6 is 0 Å². The van der Waals surface area contributed by atoms with Gasteiger partial charge in [0.15, 0.2) is 0 Å². The highest BCUT2D eigenvalue weighted by Gasteiger charge is 2.45. The van der Waals surface area contributed by atoms with E-state index in [-0.39, 0.29) is 6.54 Å². The summed E-state index contributed by atoms with van der Waals surface area (Å²) >= 11 is 0. The molecule has 6 nitrogen and oxygen atoms in total. The number of hydrogen-bond donors (Lipinski definition) is 0. The van der Waals surface area contributed by atoms with E-state index in [0.717, 1.165) is 16.0 Å². The molecule has 1 aromatic rings. The lowest BCUT2D eigenvalue weighted by atomic mass is 10.1. The third-order valence-electron chi connectivity index (χ3n) is 2.66. The number of amides is 4. The normalized spacial score (nSPS) is 15.8. The van der Waals surface area contributed by atoms with Gasteiger partial charge in [0.25, 0.3) is 0 Å². The lowest BCUT2D eigenvalue weighted by Crippen LogP contribution is -2.32. The average molecular weight is 248 g/mol. The minimum Gasteiger partial charge on any atom is -0.265 e. The van der Waals surface area contributed by atoms with Gasteiger partial charge in [-0.3, -0.25) is 14.4 Å². The van der Waals surface area contributed by atoms with Crippen molar-refractivity contribution in [1.29, 1.82) is 0 Å². The number of nitrogens with zero attached hydrogens (tertiary/aromatic N) is 2. The van der Waals surface area contributed by atoms with Gasteiger partial charge < -0.3 is 0 Å². The fourth-order valence-corrected chi connectivity index (χ4v) is 1.66. The summed E-state index contributed by atoms with van der Waals surface area (Å²) in [6.07, 6.45) is 0. The first-order chi connectivity index (χ1) is 8.54. The number of imide groups is 2. The van der Waals surface area contributed by atoms with Gasteiger partial charge in [-0.05, 0) is 12.5 Å². The Hall–Kier alpha value is -2.21. The monoisotopic (exact) mass is 248 g/mol. The van der Waals surface area contributed by atoms with Crippen molar-refractivity contribution in [2.75, 3.05) is 7.11 Å². The Balaban J connectivity index is 2.19. The van der Waals surface area contributed by atoms with Crippen LogP contribution in [0.5, 0.6) is 0 Å². The third kappa shape index (κ3) is 1.98. The van der Waals surface area contributed by atoms with E-state index in [1.54, 1.807) is 12.1 Å². The third-order valence-corrected chi connectivity index (χ3v) is 2.66. The summed E-state index contributed by atoms with van der Waals surface area (Å²) in [5.41, 5.74) is 1.85. The lowest BCUT2D eigenvalue weighted by molar-refractivity contribution is -0.160. The summed E-state index contributed by atoms with van der Waals surface area (Å²) in [6, 6.07) is 6.59. The Morgan fingerprint density at radius 2 is 1.67 bits per heavy atom. The highest BCUT2D eigenvalue weighted by atomic mass is 16.7. The Bertz CT molecular complexity index is 509. The maximum absolute atomic E-state index is 11.7. The minimum absolute atomic E-state index is 0.0591. The van der Waals surface area contributed by atoms with E-state index in [4.69, 9.17) is 0 Å². The number of hydroxylamine groups is 2. The molecule has 2 rings (SSSR count). The number of carbonyl (C=O) groups is 3. The van der Waals surface area contributed by atoms with Crippen LogP contribution in [0.3, 0.4) is 0 Å². The maximum Gasteiger partial charge on any atom is 0.359 e. The lowest BCUT2D eigenvalue weighted by Gasteiger charge is -2.13. The number of benzene rings is 1. The van der Waals surface area contributed by atoms with Crippen LogP contribution in [0.2, 0.25) is 0 Å². The Morgan fingerprint density at radius 3 is 2.17 bits per heavy atom. The predicted molar refractivity (Wildman–Crippen MR) is 61.0 cm³/mol. The van der Waals surface area contributed by atoms with E-state index in [1.165, 1.54) is 7.11 Å². The molecule has 1 heterocycles. The van der Waals surface area contributed by atoms with Crippen molar-refractivity contribution in [2.24, 2.45) is 0 Å². The first-order valence-electron chi connectivity index (χ1n) is 5.34. The van der Waals surface area contributed by atoms with Gasteiger partial charge in [-0.15, -0.1) is 5.06 Å². The molecule has 0 radical (unpaired) electrons. The molecular formula is C12H12N2O4. The van der Waals surface area contributed by atoms with Crippen LogP contribution in [-0.4, -0.2) is 34.9 Å². The average Bonchev–Trinajstić information content (AvgIpc) is 2.56. The van der Waals surface area contributed by atoms with E-state index < -0.39 is 17.8 Å². The second-order valence-electron chi connectivity index (χ2n) is 3.94. The van der Waals surface area contributed by atoms with Gasteiger partial charge in [0, 0.05) is 0 Å². The molecule has 0 aromatic heterocycles. The SMILES string of the molecule is CON1C(=O)C(=O)N(Cc2ccc(C)cc2)C1=O. The molecule has 6 heteroatoms. The van der Waals surface area contributed by atoms with Gasteiger partial charge in [0.1, 0.15) is 0 Å². The zero-order valence-corrected chi connectivity index (χ0v) is 10.0. The molecule has 0 N–H and O–H groups in total. The molecule has 4 amide bonds. The van der Waals surface area contributed by atoms with E-state index in [9.17, 15) is 14.4 Å². The Labute approximate surface area is 104 Å². The number of carbonyl (C=O) groups excluding carboxylic acids is 3. The molecular weight excluding hydrogens is 236 g/mol. The second-order valence-corrected chi connectivity index (χ2v) is 3.94. The molecule has 0 spiro atoms. The molecule has 0 bridgehead atoms. The van der Waals surface area contributed by atoms with Crippen molar-refractivity contribution in [3.8, 4) is 0 Å². The molecule has 0 unspecified atom stereocenters. The fourth-order valence-electron chi connectivity index (χ4n) is 1.66. The van der Waals surface area contributed by atoms with E-state index >= 15 is 0 Å². The molecule has 1 saturated heterocycles. The number of aryl methyl sites for hydroxylation is 1.